The predicted octanol–water partition coefficient (Wildman–Crippen LogP) is 6.30. The van der Waals surface area contributed by atoms with Crippen molar-refractivity contribution in [2.75, 3.05) is 13.1 Å². The first-order chi connectivity index (χ1) is 18.8. The monoisotopic (exact) mass is 567 g/mol. The van der Waals surface area contributed by atoms with Crippen molar-refractivity contribution < 1.29 is 23.8 Å². The third-order valence-corrected chi connectivity index (χ3v) is 7.13. The van der Waals surface area contributed by atoms with Crippen LogP contribution in [0.2, 0.25) is 10.0 Å². The lowest BCUT2D eigenvalue weighted by Gasteiger charge is -2.32. The number of carbonyl (C=O) groups excluding carboxylic acids is 1. The SMILES string of the molecule is O=C(O)Cc1c(C(=O)N2CCC(Oc3ccc(F)cc3)CC2)nn(-c2ccccc2Cl)c1-c1ccc(Cl)cc1. The van der Waals surface area contributed by atoms with Crippen LogP contribution in [0.3, 0.4) is 0 Å². The van der Waals surface area contributed by atoms with E-state index >= 15 is 0 Å². The predicted molar refractivity (Wildman–Crippen MR) is 146 cm³/mol. The molecule has 1 amide bonds. The first-order valence-corrected chi connectivity index (χ1v) is 13.1. The maximum absolute atomic E-state index is 13.8. The second-order valence-corrected chi connectivity index (χ2v) is 10.0. The molecule has 39 heavy (non-hydrogen) atoms. The average Bonchev–Trinajstić information content (AvgIpc) is 3.29. The van der Waals surface area contributed by atoms with Gasteiger partial charge >= 0.3 is 5.97 Å². The summed E-state index contributed by atoms with van der Waals surface area (Å²) in [6.07, 6.45) is 0.579. The number of carboxylic acids is 1. The fraction of sp³-hybridized carbons (Fsp3) is 0.207. The first kappa shape index (κ1) is 26.7. The van der Waals surface area contributed by atoms with E-state index in [0.717, 1.165) is 0 Å². The van der Waals surface area contributed by atoms with Gasteiger partial charge in [0.2, 0.25) is 0 Å². The number of benzene rings is 3. The van der Waals surface area contributed by atoms with Crippen molar-refractivity contribution in [3.8, 4) is 22.7 Å². The molecule has 2 heterocycles. The highest BCUT2D eigenvalue weighted by Crippen LogP contribution is 2.34. The number of aliphatic carboxylic acids is 1. The maximum Gasteiger partial charge on any atom is 0.307 e. The highest BCUT2D eigenvalue weighted by Gasteiger charge is 2.32. The number of nitrogens with zero attached hydrogens (tertiary/aromatic N) is 3. The Balaban J connectivity index is 1.48. The first-order valence-electron chi connectivity index (χ1n) is 12.4. The molecule has 1 aromatic heterocycles. The largest absolute Gasteiger partial charge is 0.490 e. The summed E-state index contributed by atoms with van der Waals surface area (Å²) >= 11 is 12.6. The van der Waals surface area contributed by atoms with Gasteiger partial charge in [-0.15, -0.1) is 0 Å². The van der Waals surface area contributed by atoms with Crippen molar-refractivity contribution in [1.29, 1.82) is 0 Å². The summed E-state index contributed by atoms with van der Waals surface area (Å²) in [5.74, 6) is -1.23. The number of ether oxygens (including phenoxy) is 1. The zero-order valence-electron chi connectivity index (χ0n) is 20.7. The van der Waals surface area contributed by atoms with E-state index in [9.17, 15) is 19.1 Å². The lowest BCUT2D eigenvalue weighted by Crippen LogP contribution is -2.42. The third kappa shape index (κ3) is 5.92. The Morgan fingerprint density at radius 1 is 0.974 bits per heavy atom. The molecule has 1 aliphatic rings. The van der Waals surface area contributed by atoms with Gasteiger partial charge in [0.1, 0.15) is 17.7 Å². The molecule has 0 atom stereocenters. The quantitative estimate of drug-likeness (QED) is 0.283. The zero-order chi connectivity index (χ0) is 27.5. The van der Waals surface area contributed by atoms with E-state index in [4.69, 9.17) is 27.9 Å². The number of para-hydroxylation sites is 1. The van der Waals surface area contributed by atoms with Crippen LogP contribution in [0.5, 0.6) is 5.75 Å². The lowest BCUT2D eigenvalue weighted by molar-refractivity contribution is -0.136. The molecular formula is C29H24Cl2FN3O4. The number of piperidine rings is 1. The second-order valence-electron chi connectivity index (χ2n) is 9.18. The Bertz CT molecular complexity index is 1500. The number of carbonyl (C=O) groups is 2. The van der Waals surface area contributed by atoms with Crippen molar-refractivity contribution in [1.82, 2.24) is 14.7 Å². The Morgan fingerprint density at radius 3 is 2.28 bits per heavy atom. The highest BCUT2D eigenvalue weighted by atomic mass is 35.5. The summed E-state index contributed by atoms with van der Waals surface area (Å²) in [5, 5.41) is 15.3. The molecule has 0 aliphatic carbocycles. The van der Waals surface area contributed by atoms with Gasteiger partial charge in [-0.05, 0) is 48.5 Å². The van der Waals surface area contributed by atoms with Gasteiger partial charge < -0.3 is 14.7 Å². The van der Waals surface area contributed by atoms with Gasteiger partial charge in [0.05, 0.1) is 22.8 Å². The molecule has 10 heteroatoms. The van der Waals surface area contributed by atoms with Crippen LogP contribution >= 0.6 is 23.2 Å². The summed E-state index contributed by atoms with van der Waals surface area (Å²) < 4.78 is 20.7. The van der Waals surface area contributed by atoms with Gasteiger partial charge in [0, 0.05) is 42.1 Å². The number of hydrogen-bond acceptors (Lipinski definition) is 4. The number of halogens is 3. The van der Waals surface area contributed by atoms with Gasteiger partial charge in [-0.3, -0.25) is 9.59 Å². The van der Waals surface area contributed by atoms with Gasteiger partial charge in [-0.2, -0.15) is 5.10 Å². The summed E-state index contributed by atoms with van der Waals surface area (Å²) in [5.41, 5.74) is 1.97. The van der Waals surface area contributed by atoms with Crippen LogP contribution in [-0.2, 0) is 11.2 Å². The van der Waals surface area contributed by atoms with Crippen LogP contribution in [0.4, 0.5) is 4.39 Å². The fourth-order valence-corrected chi connectivity index (χ4v) is 5.02. The highest BCUT2D eigenvalue weighted by molar-refractivity contribution is 6.32. The molecule has 0 bridgehead atoms. The fourth-order valence-electron chi connectivity index (χ4n) is 4.68. The van der Waals surface area contributed by atoms with Crippen LogP contribution < -0.4 is 4.74 Å². The number of carboxylic acid groups (broad SMARTS) is 1. The van der Waals surface area contributed by atoms with E-state index in [1.807, 2.05) is 0 Å². The molecule has 4 aromatic rings. The maximum atomic E-state index is 13.8. The van der Waals surface area contributed by atoms with Crippen molar-refractivity contribution in [3.05, 3.63) is 99.9 Å². The van der Waals surface area contributed by atoms with Crippen LogP contribution in [0.25, 0.3) is 16.9 Å². The van der Waals surface area contributed by atoms with Gasteiger partial charge in [-0.1, -0.05) is 47.5 Å². The Labute approximate surface area is 234 Å². The molecule has 0 saturated carbocycles. The number of likely N-dealkylation sites (tertiary alicyclic amines) is 1. The Hall–Kier alpha value is -3.88. The molecule has 7 nitrogen and oxygen atoms in total. The summed E-state index contributed by atoms with van der Waals surface area (Å²) in [7, 11) is 0. The molecule has 5 rings (SSSR count). The van der Waals surface area contributed by atoms with Crippen molar-refractivity contribution in [2.45, 2.75) is 25.4 Å². The van der Waals surface area contributed by atoms with E-state index < -0.39 is 12.4 Å². The Kier molecular flexibility index (Phi) is 7.86. The van der Waals surface area contributed by atoms with Crippen LogP contribution in [0.15, 0.2) is 72.8 Å². The van der Waals surface area contributed by atoms with Crippen molar-refractivity contribution in [2.24, 2.45) is 0 Å². The summed E-state index contributed by atoms with van der Waals surface area (Å²) in [4.78, 5) is 27.4. The van der Waals surface area contributed by atoms with E-state index in [2.05, 4.69) is 5.10 Å². The number of aromatic nitrogens is 2. The summed E-state index contributed by atoms with van der Waals surface area (Å²) in [6, 6.07) is 19.7. The number of hydrogen-bond donors (Lipinski definition) is 1. The van der Waals surface area contributed by atoms with Crippen LogP contribution in [0.1, 0.15) is 28.9 Å². The van der Waals surface area contributed by atoms with E-state index in [-0.39, 0.29) is 23.5 Å². The molecule has 200 valence electrons. The van der Waals surface area contributed by atoms with Crippen LogP contribution in [-0.4, -0.2) is 50.9 Å². The number of rotatable bonds is 7. The summed E-state index contributed by atoms with van der Waals surface area (Å²) in [6.45, 7) is 0.791. The van der Waals surface area contributed by atoms with Crippen molar-refractivity contribution in [3.63, 3.8) is 0 Å². The molecular weight excluding hydrogens is 544 g/mol. The second kappa shape index (κ2) is 11.5. The standard InChI is InChI=1S/C29H24Cl2FN3O4/c30-19-7-5-18(6-8-19)28-23(17-26(36)37)27(33-35(28)25-4-2-1-3-24(25)31)29(38)34-15-13-22(14-16-34)39-21-11-9-20(32)10-12-21/h1-12,22H,13-17H2,(H,36,37). The topological polar surface area (TPSA) is 84.7 Å². The molecule has 1 fully saturated rings. The molecule has 1 aliphatic heterocycles. The number of amides is 1. The molecule has 0 spiro atoms. The Morgan fingerprint density at radius 2 is 1.64 bits per heavy atom. The van der Waals surface area contributed by atoms with E-state index in [1.54, 1.807) is 65.6 Å². The normalized spacial score (nSPS) is 13.9. The smallest absolute Gasteiger partial charge is 0.307 e. The van der Waals surface area contributed by atoms with E-state index in [0.29, 0.717) is 64.2 Å². The van der Waals surface area contributed by atoms with Gasteiger partial charge in [0.15, 0.2) is 5.69 Å². The minimum absolute atomic E-state index is 0.0557. The molecule has 3 aromatic carbocycles. The van der Waals surface area contributed by atoms with Gasteiger partial charge in [0.25, 0.3) is 5.91 Å². The lowest BCUT2D eigenvalue weighted by atomic mass is 10.0. The zero-order valence-corrected chi connectivity index (χ0v) is 22.2. The average molecular weight is 568 g/mol. The van der Waals surface area contributed by atoms with Crippen LogP contribution in [0, 0.1) is 5.82 Å². The third-order valence-electron chi connectivity index (χ3n) is 6.56. The minimum atomic E-state index is -1.09. The van der Waals surface area contributed by atoms with Gasteiger partial charge in [-0.25, -0.2) is 9.07 Å². The van der Waals surface area contributed by atoms with E-state index in [1.165, 1.54) is 16.8 Å². The molecule has 1 N–H and O–H groups in total. The molecule has 1 saturated heterocycles. The molecule has 0 unspecified atom stereocenters. The minimum Gasteiger partial charge on any atom is -0.490 e. The van der Waals surface area contributed by atoms with Crippen molar-refractivity contribution >= 4 is 35.1 Å². The molecule has 0 radical (unpaired) electrons.